The van der Waals surface area contributed by atoms with Crippen LogP contribution in [0.15, 0.2) is 11.2 Å². The lowest BCUT2D eigenvalue weighted by molar-refractivity contribution is 0.0680. The topological polar surface area (TPSA) is 47.2 Å². The molecule has 0 spiro atoms. The van der Waals surface area contributed by atoms with Crippen molar-refractivity contribution in [2.45, 2.75) is 78.7 Å². The fraction of sp³-hybridized carbons (Fsp3) is 0.750. The fourth-order valence-electron chi connectivity index (χ4n) is 5.13. The minimum atomic E-state index is 0.205. The number of fused-ring (bicyclic) bond motifs is 1. The van der Waals surface area contributed by atoms with Crippen LogP contribution < -0.4 is 0 Å². The summed E-state index contributed by atoms with van der Waals surface area (Å²) in [4.78, 5) is 17.4. The number of aliphatic imine (C=N–C) groups is 1. The zero-order chi connectivity index (χ0) is 17.1. The lowest BCUT2D eigenvalue weighted by Gasteiger charge is -2.45. The third-order valence-corrected chi connectivity index (χ3v) is 5.80. The van der Waals surface area contributed by atoms with Gasteiger partial charge in [0.25, 0.3) is 0 Å². The van der Waals surface area contributed by atoms with E-state index in [1.807, 2.05) is 0 Å². The van der Waals surface area contributed by atoms with Crippen molar-refractivity contribution in [3.8, 4) is 0 Å². The van der Waals surface area contributed by atoms with Gasteiger partial charge in [0.1, 0.15) is 0 Å². The van der Waals surface area contributed by atoms with Crippen molar-refractivity contribution < 1.29 is 4.79 Å². The van der Waals surface area contributed by atoms with E-state index in [-0.39, 0.29) is 5.78 Å². The van der Waals surface area contributed by atoms with Crippen molar-refractivity contribution in [2.24, 2.45) is 21.7 Å². The molecule has 1 aromatic heterocycles. The van der Waals surface area contributed by atoms with E-state index in [0.29, 0.717) is 23.3 Å². The molecule has 2 fully saturated rings. The van der Waals surface area contributed by atoms with Gasteiger partial charge in [-0.15, -0.1) is 0 Å². The van der Waals surface area contributed by atoms with Crippen LogP contribution in [-0.2, 0) is 0 Å². The summed E-state index contributed by atoms with van der Waals surface area (Å²) in [7, 11) is 0. The molecule has 0 N–H and O–H groups in total. The van der Waals surface area contributed by atoms with Gasteiger partial charge in [0, 0.05) is 12.1 Å². The maximum atomic E-state index is 12.5. The van der Waals surface area contributed by atoms with E-state index in [1.165, 1.54) is 19.3 Å². The molecule has 24 heavy (non-hydrogen) atoms. The Morgan fingerprint density at radius 3 is 2.46 bits per heavy atom. The molecule has 0 atom stereocenters. The second-order valence-corrected chi connectivity index (χ2v) is 9.82. The second-order valence-electron chi connectivity index (χ2n) is 9.82. The zero-order valence-corrected chi connectivity index (χ0v) is 15.4. The van der Waals surface area contributed by atoms with Crippen molar-refractivity contribution in [1.29, 1.82) is 0 Å². The monoisotopic (exact) mass is 327 g/mol. The maximum Gasteiger partial charge on any atom is 0.173 e. The number of carbonyl (C=O) groups excluding carboxylic acids is 1. The molecule has 2 heterocycles. The smallest absolute Gasteiger partial charge is 0.173 e. The normalized spacial score (nSPS) is 26.2. The Kier molecular flexibility index (Phi) is 3.52. The van der Waals surface area contributed by atoms with E-state index >= 15 is 0 Å². The number of rotatable bonds is 3. The van der Waals surface area contributed by atoms with Gasteiger partial charge in [-0.1, -0.05) is 27.7 Å². The van der Waals surface area contributed by atoms with E-state index < -0.39 is 0 Å². The highest BCUT2D eigenvalue weighted by atomic mass is 16.1. The first kappa shape index (κ1) is 16.0. The summed E-state index contributed by atoms with van der Waals surface area (Å²) in [6.45, 7) is 9.40. The van der Waals surface area contributed by atoms with Gasteiger partial charge in [-0.3, -0.25) is 4.79 Å². The number of aromatic nitrogens is 2. The van der Waals surface area contributed by atoms with E-state index in [0.717, 1.165) is 42.3 Å². The van der Waals surface area contributed by atoms with Crippen LogP contribution in [0.5, 0.6) is 0 Å². The van der Waals surface area contributed by atoms with Crippen LogP contribution >= 0.6 is 0 Å². The van der Waals surface area contributed by atoms with Gasteiger partial charge in [-0.2, -0.15) is 5.10 Å². The number of ketones is 1. The summed E-state index contributed by atoms with van der Waals surface area (Å²) in [5, 5.41) is 4.62. The molecule has 4 heteroatoms. The van der Waals surface area contributed by atoms with Crippen LogP contribution in [0.1, 0.15) is 89.0 Å². The Hall–Kier alpha value is -1.45. The molecule has 3 aliphatic rings. The summed E-state index contributed by atoms with van der Waals surface area (Å²) in [5.74, 6) is 1.80. The second kappa shape index (κ2) is 5.27. The molecule has 2 aliphatic carbocycles. The first-order chi connectivity index (χ1) is 11.2. The van der Waals surface area contributed by atoms with Crippen LogP contribution in [0.25, 0.3) is 0 Å². The molecule has 1 aliphatic heterocycles. The minimum Gasteiger partial charge on any atom is -0.294 e. The summed E-state index contributed by atoms with van der Waals surface area (Å²) >= 11 is 0. The predicted octanol–water partition coefficient (Wildman–Crippen LogP) is 5.12. The molecule has 2 saturated carbocycles. The molecule has 0 amide bonds. The van der Waals surface area contributed by atoms with Gasteiger partial charge < -0.3 is 0 Å². The van der Waals surface area contributed by atoms with Crippen LogP contribution in [0.3, 0.4) is 0 Å². The lowest BCUT2D eigenvalue weighted by atomic mass is 9.63. The standard InChI is InChI=1S/C20H29N3O/c1-19(2)9-15(10-20(3,4)12-19)23-18-16(11-21-23)17(24)8-14(22-18)7-13-5-6-13/h11,13,15H,5-10,12H2,1-4H3. The van der Waals surface area contributed by atoms with Gasteiger partial charge >= 0.3 is 0 Å². The first-order valence-electron chi connectivity index (χ1n) is 9.40. The molecule has 0 unspecified atom stereocenters. The number of Topliss-reactive ketones (excluding diaryl/α,β-unsaturated/α-hetero) is 1. The van der Waals surface area contributed by atoms with E-state index in [2.05, 4.69) is 37.5 Å². The Morgan fingerprint density at radius 2 is 1.83 bits per heavy atom. The maximum absolute atomic E-state index is 12.5. The number of nitrogens with zero attached hydrogens (tertiary/aromatic N) is 3. The summed E-state index contributed by atoms with van der Waals surface area (Å²) < 4.78 is 2.07. The quantitative estimate of drug-likeness (QED) is 0.773. The van der Waals surface area contributed by atoms with Crippen molar-refractivity contribution in [1.82, 2.24) is 9.78 Å². The van der Waals surface area contributed by atoms with Crippen molar-refractivity contribution in [3.05, 3.63) is 11.8 Å². The molecule has 1 aromatic rings. The average molecular weight is 327 g/mol. The third kappa shape index (κ3) is 3.07. The average Bonchev–Trinajstić information content (AvgIpc) is 3.11. The van der Waals surface area contributed by atoms with Gasteiger partial charge in [0.2, 0.25) is 0 Å². The van der Waals surface area contributed by atoms with E-state index in [4.69, 9.17) is 4.99 Å². The lowest BCUT2D eigenvalue weighted by Crippen LogP contribution is -2.35. The van der Waals surface area contributed by atoms with Crippen LogP contribution in [0, 0.1) is 16.7 Å². The Balaban J connectivity index is 1.68. The molecular formula is C20H29N3O. The molecular weight excluding hydrogens is 298 g/mol. The molecule has 0 radical (unpaired) electrons. The predicted molar refractivity (Wildman–Crippen MR) is 96.1 cm³/mol. The molecule has 0 aromatic carbocycles. The van der Waals surface area contributed by atoms with Gasteiger partial charge in [-0.05, 0) is 55.3 Å². The van der Waals surface area contributed by atoms with E-state index in [9.17, 15) is 4.79 Å². The highest BCUT2D eigenvalue weighted by Crippen LogP contribution is 2.51. The molecule has 130 valence electrons. The third-order valence-electron chi connectivity index (χ3n) is 5.80. The van der Waals surface area contributed by atoms with Crippen LogP contribution in [0.4, 0.5) is 5.82 Å². The summed E-state index contributed by atoms with van der Waals surface area (Å²) in [5.41, 5.74) is 2.40. The van der Waals surface area contributed by atoms with E-state index in [1.54, 1.807) is 6.20 Å². The Morgan fingerprint density at radius 1 is 1.17 bits per heavy atom. The first-order valence-corrected chi connectivity index (χ1v) is 9.40. The fourth-order valence-corrected chi connectivity index (χ4v) is 5.13. The highest BCUT2D eigenvalue weighted by molar-refractivity contribution is 6.15. The molecule has 0 saturated heterocycles. The zero-order valence-electron chi connectivity index (χ0n) is 15.4. The SMILES string of the molecule is CC1(C)CC(n2ncc3c2N=C(CC2CC2)CC3=O)CC(C)(C)C1. The van der Waals surface area contributed by atoms with Crippen LogP contribution in [0.2, 0.25) is 0 Å². The number of hydrogen-bond acceptors (Lipinski definition) is 3. The van der Waals surface area contributed by atoms with Gasteiger partial charge in [0.15, 0.2) is 11.6 Å². The Bertz CT molecular complexity index is 690. The number of carbonyl (C=O) groups is 1. The summed E-state index contributed by atoms with van der Waals surface area (Å²) in [6.07, 6.45) is 9.28. The highest BCUT2D eigenvalue weighted by Gasteiger charge is 2.41. The van der Waals surface area contributed by atoms with Crippen LogP contribution in [-0.4, -0.2) is 21.3 Å². The molecule has 4 nitrogen and oxygen atoms in total. The summed E-state index contributed by atoms with van der Waals surface area (Å²) in [6, 6.07) is 0.337. The molecule has 4 rings (SSSR count). The van der Waals surface area contributed by atoms with Crippen molar-refractivity contribution in [3.63, 3.8) is 0 Å². The Labute approximate surface area is 144 Å². The number of hydrogen-bond donors (Lipinski definition) is 0. The molecule has 0 bridgehead atoms. The van der Waals surface area contributed by atoms with Crippen molar-refractivity contribution >= 4 is 17.3 Å². The minimum absolute atomic E-state index is 0.205. The van der Waals surface area contributed by atoms with Gasteiger partial charge in [-0.25, -0.2) is 9.67 Å². The largest absolute Gasteiger partial charge is 0.294 e. The van der Waals surface area contributed by atoms with Crippen molar-refractivity contribution in [2.75, 3.05) is 0 Å². The van der Waals surface area contributed by atoms with Gasteiger partial charge in [0.05, 0.1) is 17.8 Å².